The number of rotatable bonds is 3. The number of benzene rings is 2. The van der Waals surface area contributed by atoms with Crippen molar-refractivity contribution in [1.29, 1.82) is 0 Å². The van der Waals surface area contributed by atoms with Crippen molar-refractivity contribution in [3.8, 4) is 0 Å². The van der Waals surface area contributed by atoms with Crippen LogP contribution in [0.3, 0.4) is 0 Å². The Morgan fingerprint density at radius 3 is 2.95 bits per heavy atom. The number of fused-ring (bicyclic) bond motifs is 2. The summed E-state index contributed by atoms with van der Waals surface area (Å²) in [5.41, 5.74) is 3.08. The van der Waals surface area contributed by atoms with Crippen molar-refractivity contribution < 1.29 is 4.42 Å². The highest BCUT2D eigenvalue weighted by Gasteiger charge is 2.04. The molecule has 0 aliphatic carbocycles. The number of aromatic nitrogens is 1. The molecular formula is C17H14N2OS. The lowest BCUT2D eigenvalue weighted by atomic mass is 10.2. The van der Waals surface area contributed by atoms with Crippen molar-refractivity contribution in [3.05, 3.63) is 59.3 Å². The summed E-state index contributed by atoms with van der Waals surface area (Å²) in [5, 5.41) is 5.65. The van der Waals surface area contributed by atoms with Crippen molar-refractivity contribution in [2.24, 2.45) is 0 Å². The average Bonchev–Trinajstić information content (AvgIpc) is 3.06. The Bertz CT molecular complexity index is 890. The van der Waals surface area contributed by atoms with Gasteiger partial charge in [0.05, 0.1) is 21.8 Å². The van der Waals surface area contributed by atoms with Gasteiger partial charge in [0.25, 0.3) is 0 Å². The van der Waals surface area contributed by atoms with Crippen LogP contribution in [0.1, 0.15) is 10.8 Å². The molecule has 0 fully saturated rings. The monoisotopic (exact) mass is 294 g/mol. The van der Waals surface area contributed by atoms with E-state index in [2.05, 4.69) is 40.6 Å². The Labute approximate surface area is 126 Å². The summed E-state index contributed by atoms with van der Waals surface area (Å²) >= 11 is 1.72. The fourth-order valence-corrected chi connectivity index (χ4v) is 3.33. The number of furan rings is 1. The largest absolute Gasteiger partial charge is 0.459 e. The lowest BCUT2D eigenvalue weighted by molar-refractivity contribution is 0.559. The number of hydrogen-bond acceptors (Lipinski definition) is 4. The van der Waals surface area contributed by atoms with Gasteiger partial charge in [-0.1, -0.05) is 18.2 Å². The second-order valence-electron chi connectivity index (χ2n) is 5.02. The quantitative estimate of drug-likeness (QED) is 0.580. The maximum absolute atomic E-state index is 5.81. The summed E-state index contributed by atoms with van der Waals surface area (Å²) in [6.45, 7) is 2.71. The standard InChI is InChI=1S/C17H14N2OS/c1-11-19-15-7-6-13(9-17(15)21-11)18-10-14-8-12-4-2-3-5-16(12)20-14/h2-9,18H,10H2,1H3. The third-order valence-corrected chi connectivity index (χ3v) is 4.37. The fourth-order valence-electron chi connectivity index (χ4n) is 2.46. The van der Waals surface area contributed by atoms with Crippen LogP contribution in [0.2, 0.25) is 0 Å². The van der Waals surface area contributed by atoms with Gasteiger partial charge in [-0.05, 0) is 37.3 Å². The molecule has 0 aliphatic rings. The van der Waals surface area contributed by atoms with Gasteiger partial charge in [-0.2, -0.15) is 0 Å². The summed E-state index contributed by atoms with van der Waals surface area (Å²) < 4.78 is 7.02. The molecule has 0 radical (unpaired) electrons. The molecule has 104 valence electrons. The molecule has 4 aromatic rings. The lowest BCUT2D eigenvalue weighted by Gasteiger charge is -2.03. The first kappa shape index (κ1) is 12.4. The lowest BCUT2D eigenvalue weighted by Crippen LogP contribution is -1.97. The Kier molecular flexibility index (Phi) is 2.89. The minimum atomic E-state index is 0.679. The van der Waals surface area contributed by atoms with Crippen LogP contribution in [-0.4, -0.2) is 4.98 Å². The van der Waals surface area contributed by atoms with Crippen LogP contribution in [0, 0.1) is 6.92 Å². The molecular weight excluding hydrogens is 280 g/mol. The molecule has 0 saturated carbocycles. The minimum absolute atomic E-state index is 0.679. The zero-order valence-corrected chi connectivity index (χ0v) is 12.4. The fraction of sp³-hybridized carbons (Fsp3) is 0.118. The molecule has 2 aromatic heterocycles. The highest BCUT2D eigenvalue weighted by Crippen LogP contribution is 2.25. The molecule has 2 aromatic carbocycles. The summed E-state index contributed by atoms with van der Waals surface area (Å²) in [7, 11) is 0. The Hall–Kier alpha value is -2.33. The summed E-state index contributed by atoms with van der Waals surface area (Å²) in [5.74, 6) is 0.941. The highest BCUT2D eigenvalue weighted by atomic mass is 32.1. The first-order valence-electron chi connectivity index (χ1n) is 6.86. The number of anilines is 1. The molecule has 21 heavy (non-hydrogen) atoms. The normalized spacial score (nSPS) is 11.3. The molecule has 0 amide bonds. The van der Waals surface area contributed by atoms with Gasteiger partial charge in [0, 0.05) is 11.1 Å². The summed E-state index contributed by atoms with van der Waals surface area (Å²) in [6.07, 6.45) is 0. The van der Waals surface area contributed by atoms with Crippen LogP contribution in [0.25, 0.3) is 21.2 Å². The molecule has 0 spiro atoms. The number of thiazole rings is 1. The van der Waals surface area contributed by atoms with E-state index in [0.717, 1.165) is 32.9 Å². The van der Waals surface area contributed by atoms with Crippen molar-refractivity contribution in [1.82, 2.24) is 4.98 Å². The topological polar surface area (TPSA) is 38.1 Å². The van der Waals surface area contributed by atoms with Crippen LogP contribution >= 0.6 is 11.3 Å². The third kappa shape index (κ3) is 2.38. The maximum atomic E-state index is 5.81. The molecule has 0 bridgehead atoms. The first-order chi connectivity index (χ1) is 10.3. The van der Waals surface area contributed by atoms with Crippen LogP contribution < -0.4 is 5.32 Å². The van der Waals surface area contributed by atoms with E-state index in [4.69, 9.17) is 4.42 Å². The van der Waals surface area contributed by atoms with Crippen molar-refractivity contribution in [2.75, 3.05) is 5.32 Å². The minimum Gasteiger partial charge on any atom is -0.459 e. The van der Waals surface area contributed by atoms with Gasteiger partial charge in [-0.15, -0.1) is 11.3 Å². The molecule has 0 unspecified atom stereocenters. The third-order valence-electron chi connectivity index (χ3n) is 3.44. The van der Waals surface area contributed by atoms with Crippen molar-refractivity contribution >= 4 is 38.2 Å². The predicted octanol–water partition coefficient (Wildman–Crippen LogP) is 4.96. The van der Waals surface area contributed by atoms with E-state index >= 15 is 0 Å². The highest BCUT2D eigenvalue weighted by molar-refractivity contribution is 7.18. The van der Waals surface area contributed by atoms with E-state index < -0.39 is 0 Å². The van der Waals surface area contributed by atoms with Crippen LogP contribution in [0.15, 0.2) is 52.9 Å². The average molecular weight is 294 g/mol. The molecule has 0 saturated heterocycles. The molecule has 2 heterocycles. The maximum Gasteiger partial charge on any atom is 0.134 e. The zero-order chi connectivity index (χ0) is 14.2. The van der Waals surface area contributed by atoms with Gasteiger partial charge in [-0.25, -0.2) is 4.98 Å². The van der Waals surface area contributed by atoms with Gasteiger partial charge in [0.1, 0.15) is 11.3 Å². The SMILES string of the molecule is Cc1nc2ccc(NCc3cc4ccccc4o3)cc2s1. The molecule has 4 rings (SSSR count). The smallest absolute Gasteiger partial charge is 0.134 e. The molecule has 0 atom stereocenters. The van der Waals surface area contributed by atoms with E-state index in [-0.39, 0.29) is 0 Å². The van der Waals surface area contributed by atoms with E-state index in [1.807, 2.05) is 25.1 Å². The van der Waals surface area contributed by atoms with Crippen LogP contribution in [0.4, 0.5) is 5.69 Å². The number of para-hydroxylation sites is 1. The van der Waals surface area contributed by atoms with E-state index in [9.17, 15) is 0 Å². The van der Waals surface area contributed by atoms with E-state index in [1.165, 1.54) is 4.70 Å². The molecule has 4 heteroatoms. The molecule has 3 nitrogen and oxygen atoms in total. The Morgan fingerprint density at radius 2 is 2.05 bits per heavy atom. The number of hydrogen-bond donors (Lipinski definition) is 1. The van der Waals surface area contributed by atoms with Gasteiger partial charge in [-0.3, -0.25) is 0 Å². The number of aryl methyl sites for hydroxylation is 1. The number of nitrogens with zero attached hydrogens (tertiary/aromatic N) is 1. The molecule has 1 N–H and O–H groups in total. The van der Waals surface area contributed by atoms with E-state index in [0.29, 0.717) is 6.54 Å². The van der Waals surface area contributed by atoms with Crippen molar-refractivity contribution in [2.45, 2.75) is 13.5 Å². The predicted molar refractivity (Wildman–Crippen MR) is 87.9 cm³/mol. The summed E-state index contributed by atoms with van der Waals surface area (Å²) in [6, 6.07) is 16.4. The van der Waals surface area contributed by atoms with Crippen LogP contribution in [0.5, 0.6) is 0 Å². The van der Waals surface area contributed by atoms with Gasteiger partial charge in [0.15, 0.2) is 0 Å². The van der Waals surface area contributed by atoms with Gasteiger partial charge in [0.2, 0.25) is 0 Å². The Balaban J connectivity index is 1.56. The van der Waals surface area contributed by atoms with Crippen molar-refractivity contribution in [3.63, 3.8) is 0 Å². The Morgan fingerprint density at radius 1 is 1.14 bits per heavy atom. The van der Waals surface area contributed by atoms with E-state index in [1.54, 1.807) is 11.3 Å². The number of nitrogens with one attached hydrogen (secondary N) is 1. The van der Waals surface area contributed by atoms with Crippen LogP contribution in [-0.2, 0) is 6.54 Å². The second-order valence-corrected chi connectivity index (χ2v) is 6.25. The first-order valence-corrected chi connectivity index (χ1v) is 7.68. The molecule has 0 aliphatic heterocycles. The van der Waals surface area contributed by atoms with Gasteiger partial charge < -0.3 is 9.73 Å². The zero-order valence-electron chi connectivity index (χ0n) is 11.6. The van der Waals surface area contributed by atoms with Gasteiger partial charge >= 0.3 is 0 Å². The summed E-state index contributed by atoms with van der Waals surface area (Å²) in [4.78, 5) is 4.47. The second kappa shape index (κ2) is 4.90.